The van der Waals surface area contributed by atoms with Gasteiger partial charge in [-0.2, -0.15) is 13.2 Å². The van der Waals surface area contributed by atoms with Gasteiger partial charge in [-0.3, -0.25) is 9.59 Å². The Balaban J connectivity index is 3.12. The van der Waals surface area contributed by atoms with E-state index in [2.05, 4.69) is 10.6 Å². The normalized spacial score (nSPS) is 11.1. The molecular weight excluding hydrogens is 275 g/mol. The highest BCUT2D eigenvalue weighted by Gasteiger charge is 2.31. The van der Waals surface area contributed by atoms with E-state index in [1.54, 1.807) is 0 Å². The molecule has 1 aromatic carbocycles. The molecule has 8 heteroatoms. The summed E-state index contributed by atoms with van der Waals surface area (Å²) in [5.41, 5.74) is 4.25. The molecule has 0 aliphatic carbocycles. The van der Waals surface area contributed by atoms with Crippen LogP contribution in [-0.2, 0) is 15.8 Å². The summed E-state index contributed by atoms with van der Waals surface area (Å²) >= 11 is 0. The highest BCUT2D eigenvalue weighted by atomic mass is 19.4. The van der Waals surface area contributed by atoms with Gasteiger partial charge in [-0.1, -0.05) is 0 Å². The Morgan fingerprint density at radius 2 is 1.85 bits per heavy atom. The summed E-state index contributed by atoms with van der Waals surface area (Å²) in [4.78, 5) is 22.4. The maximum Gasteiger partial charge on any atom is 0.416 e. The lowest BCUT2D eigenvalue weighted by atomic mass is 10.1. The van der Waals surface area contributed by atoms with Crippen LogP contribution in [0, 0.1) is 0 Å². The Morgan fingerprint density at radius 1 is 1.20 bits per heavy atom. The van der Waals surface area contributed by atoms with Crippen molar-refractivity contribution in [2.24, 2.45) is 5.73 Å². The molecular formula is C12H14F3N3O2. The summed E-state index contributed by atoms with van der Waals surface area (Å²) < 4.78 is 37.9. The zero-order chi connectivity index (χ0) is 15.3. The number of hydrogen-bond acceptors (Lipinski definition) is 3. The zero-order valence-electron chi connectivity index (χ0n) is 10.7. The Labute approximate surface area is 113 Å². The fraction of sp³-hybridized carbons (Fsp3) is 0.333. The summed E-state index contributed by atoms with van der Waals surface area (Å²) in [6, 6.07) is 2.67. The van der Waals surface area contributed by atoms with E-state index in [-0.39, 0.29) is 24.3 Å². The predicted octanol–water partition coefficient (Wildman–Crippen LogP) is 1.95. The molecule has 0 aliphatic heterocycles. The van der Waals surface area contributed by atoms with Crippen LogP contribution in [0.15, 0.2) is 18.2 Å². The van der Waals surface area contributed by atoms with Crippen LogP contribution >= 0.6 is 0 Å². The van der Waals surface area contributed by atoms with E-state index in [0.717, 1.165) is 18.2 Å². The topological polar surface area (TPSA) is 84.2 Å². The number of benzene rings is 1. The highest BCUT2D eigenvalue weighted by molar-refractivity contribution is 5.99. The van der Waals surface area contributed by atoms with E-state index in [9.17, 15) is 22.8 Å². The molecule has 20 heavy (non-hydrogen) atoms. The second-order valence-electron chi connectivity index (χ2n) is 4.03. The van der Waals surface area contributed by atoms with Crippen molar-refractivity contribution < 1.29 is 22.8 Å². The minimum absolute atomic E-state index is 0.0320. The van der Waals surface area contributed by atoms with Crippen molar-refractivity contribution in [3.05, 3.63) is 23.8 Å². The van der Waals surface area contributed by atoms with Crippen molar-refractivity contribution in [1.82, 2.24) is 0 Å². The third-order valence-corrected chi connectivity index (χ3v) is 2.30. The number of hydrogen-bond donors (Lipinski definition) is 3. The predicted molar refractivity (Wildman–Crippen MR) is 68.0 cm³/mol. The average molecular weight is 289 g/mol. The van der Waals surface area contributed by atoms with Gasteiger partial charge in [0.05, 0.1) is 16.9 Å². The molecule has 0 aliphatic rings. The number of halogens is 3. The molecule has 0 aromatic heterocycles. The summed E-state index contributed by atoms with van der Waals surface area (Å²) in [6.07, 6.45) is -4.57. The van der Waals surface area contributed by atoms with Gasteiger partial charge in [0, 0.05) is 19.9 Å². The first kappa shape index (κ1) is 16.0. The van der Waals surface area contributed by atoms with Crippen LogP contribution in [0.4, 0.5) is 24.5 Å². The quantitative estimate of drug-likeness (QED) is 0.792. The van der Waals surface area contributed by atoms with E-state index < -0.39 is 23.6 Å². The molecule has 4 N–H and O–H groups in total. The lowest BCUT2D eigenvalue weighted by Crippen LogP contribution is -2.18. The van der Waals surface area contributed by atoms with Crippen LogP contribution in [0.2, 0.25) is 0 Å². The standard InChI is InChI=1S/C12H14F3N3O2/c1-7(19)17-9-3-2-8(12(13,14)15)6-10(9)18-11(20)4-5-16/h2-3,6H,4-5,16H2,1H3,(H,17,19)(H,18,20). The van der Waals surface area contributed by atoms with Gasteiger partial charge in [0.15, 0.2) is 0 Å². The van der Waals surface area contributed by atoms with Crippen molar-refractivity contribution in [3.63, 3.8) is 0 Å². The first-order chi connectivity index (χ1) is 9.24. The van der Waals surface area contributed by atoms with Gasteiger partial charge < -0.3 is 16.4 Å². The second-order valence-corrected chi connectivity index (χ2v) is 4.03. The Bertz CT molecular complexity index is 515. The van der Waals surface area contributed by atoms with Crippen LogP contribution in [0.1, 0.15) is 18.9 Å². The average Bonchev–Trinajstić information content (AvgIpc) is 2.29. The molecule has 0 radical (unpaired) electrons. The molecule has 0 saturated heterocycles. The smallest absolute Gasteiger partial charge is 0.330 e. The molecule has 0 spiro atoms. The van der Waals surface area contributed by atoms with Crippen LogP contribution in [0.5, 0.6) is 0 Å². The fourth-order valence-electron chi connectivity index (χ4n) is 1.47. The van der Waals surface area contributed by atoms with Crippen molar-refractivity contribution in [3.8, 4) is 0 Å². The lowest BCUT2D eigenvalue weighted by Gasteiger charge is -2.14. The van der Waals surface area contributed by atoms with E-state index >= 15 is 0 Å². The molecule has 0 heterocycles. The first-order valence-corrected chi connectivity index (χ1v) is 5.73. The van der Waals surface area contributed by atoms with E-state index in [1.807, 2.05) is 0 Å². The maximum atomic E-state index is 12.6. The van der Waals surface area contributed by atoms with Crippen LogP contribution in [-0.4, -0.2) is 18.4 Å². The Kier molecular flexibility index (Phi) is 5.09. The number of alkyl halides is 3. The summed E-state index contributed by atoms with van der Waals surface area (Å²) in [6.45, 7) is 1.28. The number of carbonyl (C=O) groups excluding carboxylic acids is 2. The van der Waals surface area contributed by atoms with Gasteiger partial charge in [-0.25, -0.2) is 0 Å². The minimum atomic E-state index is -4.54. The summed E-state index contributed by atoms with van der Waals surface area (Å²) in [5.74, 6) is -0.988. The fourth-order valence-corrected chi connectivity index (χ4v) is 1.47. The largest absolute Gasteiger partial charge is 0.416 e. The third-order valence-electron chi connectivity index (χ3n) is 2.30. The van der Waals surface area contributed by atoms with Crippen LogP contribution < -0.4 is 16.4 Å². The van der Waals surface area contributed by atoms with Crippen LogP contribution in [0.25, 0.3) is 0 Å². The molecule has 1 aromatic rings. The highest BCUT2D eigenvalue weighted by Crippen LogP contribution is 2.34. The number of rotatable bonds is 4. The van der Waals surface area contributed by atoms with Gasteiger partial charge in [-0.15, -0.1) is 0 Å². The SMILES string of the molecule is CC(=O)Nc1ccc(C(F)(F)F)cc1NC(=O)CCN. The molecule has 0 unspecified atom stereocenters. The molecule has 0 atom stereocenters. The molecule has 0 fully saturated rings. The number of anilines is 2. The monoisotopic (exact) mass is 289 g/mol. The molecule has 1 rings (SSSR count). The Hall–Kier alpha value is -2.09. The second kappa shape index (κ2) is 6.38. The number of carbonyl (C=O) groups is 2. The minimum Gasteiger partial charge on any atom is -0.330 e. The number of nitrogens with two attached hydrogens (primary N) is 1. The van der Waals surface area contributed by atoms with E-state index in [0.29, 0.717) is 0 Å². The van der Waals surface area contributed by atoms with Gasteiger partial charge >= 0.3 is 6.18 Å². The number of amides is 2. The van der Waals surface area contributed by atoms with Crippen molar-refractivity contribution in [1.29, 1.82) is 0 Å². The van der Waals surface area contributed by atoms with Crippen molar-refractivity contribution in [2.45, 2.75) is 19.5 Å². The van der Waals surface area contributed by atoms with Gasteiger partial charge in [0.25, 0.3) is 0 Å². The summed E-state index contributed by atoms with van der Waals surface area (Å²) in [5, 5.41) is 4.64. The number of nitrogens with one attached hydrogen (secondary N) is 2. The van der Waals surface area contributed by atoms with Gasteiger partial charge in [0.1, 0.15) is 0 Å². The van der Waals surface area contributed by atoms with E-state index in [4.69, 9.17) is 5.73 Å². The van der Waals surface area contributed by atoms with Gasteiger partial charge in [-0.05, 0) is 18.2 Å². The first-order valence-electron chi connectivity index (χ1n) is 5.73. The van der Waals surface area contributed by atoms with Gasteiger partial charge in [0.2, 0.25) is 11.8 Å². The molecule has 0 saturated carbocycles. The van der Waals surface area contributed by atoms with E-state index in [1.165, 1.54) is 6.92 Å². The Morgan fingerprint density at radius 3 is 2.35 bits per heavy atom. The molecule has 0 bridgehead atoms. The van der Waals surface area contributed by atoms with Crippen molar-refractivity contribution >= 4 is 23.2 Å². The maximum absolute atomic E-state index is 12.6. The third kappa shape index (κ3) is 4.54. The lowest BCUT2D eigenvalue weighted by molar-refractivity contribution is -0.137. The molecule has 110 valence electrons. The van der Waals surface area contributed by atoms with Crippen molar-refractivity contribution in [2.75, 3.05) is 17.2 Å². The molecule has 2 amide bonds. The summed E-state index contributed by atoms with van der Waals surface area (Å²) in [7, 11) is 0. The zero-order valence-corrected chi connectivity index (χ0v) is 10.7. The van der Waals surface area contributed by atoms with Crippen LogP contribution in [0.3, 0.4) is 0 Å². The molecule has 5 nitrogen and oxygen atoms in total.